The normalized spacial score (nSPS) is 14.8. The summed E-state index contributed by atoms with van der Waals surface area (Å²) in [4.78, 5) is 0. The molecular weight excluding hydrogens is 144 g/mol. The zero-order chi connectivity index (χ0) is 9.23. The standard InChI is InChI=1S/C12H18/c1-4-6-8-9-11-12(3)10-7-5-2/h4-10,12H,2,11H2,1,3H3/b6-4+,9-8+,10-7+. The second-order valence-electron chi connectivity index (χ2n) is 2.79. The monoisotopic (exact) mass is 162 g/mol. The van der Waals surface area contributed by atoms with Crippen molar-refractivity contribution in [3.8, 4) is 0 Å². The van der Waals surface area contributed by atoms with E-state index < -0.39 is 0 Å². The highest BCUT2D eigenvalue weighted by Crippen LogP contribution is 2.04. The van der Waals surface area contributed by atoms with Gasteiger partial charge in [0.25, 0.3) is 0 Å². The molecule has 0 spiro atoms. The lowest BCUT2D eigenvalue weighted by Gasteiger charge is -1.98. The zero-order valence-electron chi connectivity index (χ0n) is 8.03. The van der Waals surface area contributed by atoms with Crippen LogP contribution in [0.2, 0.25) is 0 Å². The Balaban J connectivity index is 3.62. The topological polar surface area (TPSA) is 0 Å². The molecule has 0 rings (SSSR count). The van der Waals surface area contributed by atoms with Crippen molar-refractivity contribution in [2.45, 2.75) is 20.3 Å². The summed E-state index contributed by atoms with van der Waals surface area (Å²) in [6.45, 7) is 7.84. The van der Waals surface area contributed by atoms with Crippen molar-refractivity contribution in [2.24, 2.45) is 5.92 Å². The Morgan fingerprint density at radius 2 is 2.00 bits per heavy atom. The van der Waals surface area contributed by atoms with Crippen LogP contribution in [0.3, 0.4) is 0 Å². The molecule has 0 saturated heterocycles. The molecule has 1 atom stereocenters. The van der Waals surface area contributed by atoms with Crippen LogP contribution in [0.5, 0.6) is 0 Å². The summed E-state index contributed by atoms with van der Waals surface area (Å²) in [5, 5.41) is 0. The summed E-state index contributed by atoms with van der Waals surface area (Å²) in [6.07, 6.45) is 15.4. The number of allylic oxidation sites excluding steroid dienone is 7. The van der Waals surface area contributed by atoms with E-state index in [1.807, 2.05) is 31.2 Å². The molecule has 0 aliphatic rings. The van der Waals surface area contributed by atoms with Crippen molar-refractivity contribution in [1.82, 2.24) is 0 Å². The van der Waals surface area contributed by atoms with Gasteiger partial charge in [-0.05, 0) is 19.3 Å². The molecule has 0 aliphatic heterocycles. The third-order valence-corrected chi connectivity index (χ3v) is 1.52. The van der Waals surface area contributed by atoms with E-state index >= 15 is 0 Å². The minimum atomic E-state index is 0.601. The van der Waals surface area contributed by atoms with E-state index in [4.69, 9.17) is 0 Å². The van der Waals surface area contributed by atoms with Crippen molar-refractivity contribution in [1.29, 1.82) is 0 Å². The van der Waals surface area contributed by atoms with E-state index in [1.165, 1.54) is 0 Å². The lowest BCUT2D eigenvalue weighted by molar-refractivity contribution is 0.744. The Morgan fingerprint density at radius 1 is 1.25 bits per heavy atom. The molecule has 0 saturated carbocycles. The van der Waals surface area contributed by atoms with Gasteiger partial charge in [-0.25, -0.2) is 0 Å². The molecule has 0 heterocycles. The number of rotatable bonds is 5. The fourth-order valence-corrected chi connectivity index (χ4v) is 0.830. The first-order valence-corrected chi connectivity index (χ1v) is 4.38. The van der Waals surface area contributed by atoms with Crippen molar-refractivity contribution < 1.29 is 0 Å². The van der Waals surface area contributed by atoms with Crippen molar-refractivity contribution >= 4 is 0 Å². The highest BCUT2D eigenvalue weighted by molar-refractivity contribution is 5.04. The van der Waals surface area contributed by atoms with Crippen LogP contribution in [0.1, 0.15) is 20.3 Å². The maximum absolute atomic E-state index is 3.63. The van der Waals surface area contributed by atoms with Gasteiger partial charge in [0.05, 0.1) is 0 Å². The van der Waals surface area contributed by atoms with Gasteiger partial charge in [-0.3, -0.25) is 0 Å². The van der Waals surface area contributed by atoms with Gasteiger partial charge >= 0.3 is 0 Å². The Labute approximate surface area is 76.0 Å². The third kappa shape index (κ3) is 7.07. The second-order valence-corrected chi connectivity index (χ2v) is 2.79. The predicted molar refractivity (Wildman–Crippen MR) is 57.1 cm³/mol. The van der Waals surface area contributed by atoms with Gasteiger partial charge in [0.2, 0.25) is 0 Å². The molecule has 0 nitrogen and oxygen atoms in total. The van der Waals surface area contributed by atoms with Crippen LogP contribution in [0.15, 0.2) is 49.1 Å². The summed E-state index contributed by atoms with van der Waals surface area (Å²) in [7, 11) is 0. The van der Waals surface area contributed by atoms with Gasteiger partial charge in [0.1, 0.15) is 0 Å². The third-order valence-electron chi connectivity index (χ3n) is 1.52. The second kappa shape index (κ2) is 8.06. The first-order chi connectivity index (χ1) is 5.81. The lowest BCUT2D eigenvalue weighted by atomic mass is 10.1. The highest BCUT2D eigenvalue weighted by atomic mass is 13.9. The average molecular weight is 162 g/mol. The van der Waals surface area contributed by atoms with Crippen LogP contribution >= 0.6 is 0 Å². The fourth-order valence-electron chi connectivity index (χ4n) is 0.830. The SMILES string of the molecule is C=C/C=C/C(C)C/C=C/C=C/C. The van der Waals surface area contributed by atoms with E-state index in [9.17, 15) is 0 Å². The average Bonchev–Trinajstić information content (AvgIpc) is 2.09. The maximum Gasteiger partial charge on any atom is -0.0224 e. The summed E-state index contributed by atoms with van der Waals surface area (Å²) in [5.41, 5.74) is 0. The van der Waals surface area contributed by atoms with Gasteiger partial charge in [-0.1, -0.05) is 56.0 Å². The number of hydrogen-bond donors (Lipinski definition) is 0. The van der Waals surface area contributed by atoms with E-state index in [0.717, 1.165) is 6.42 Å². The van der Waals surface area contributed by atoms with Gasteiger partial charge < -0.3 is 0 Å². The van der Waals surface area contributed by atoms with Gasteiger partial charge in [-0.15, -0.1) is 0 Å². The Hall–Kier alpha value is -1.04. The minimum Gasteiger partial charge on any atom is -0.0991 e. The summed E-state index contributed by atoms with van der Waals surface area (Å²) < 4.78 is 0. The maximum atomic E-state index is 3.63. The first kappa shape index (κ1) is 11.0. The van der Waals surface area contributed by atoms with Gasteiger partial charge in [-0.2, -0.15) is 0 Å². The van der Waals surface area contributed by atoms with E-state index in [1.54, 1.807) is 0 Å². The molecule has 66 valence electrons. The van der Waals surface area contributed by atoms with Crippen LogP contribution < -0.4 is 0 Å². The molecule has 0 amide bonds. The molecule has 0 bridgehead atoms. The van der Waals surface area contributed by atoms with Crippen LogP contribution in [-0.4, -0.2) is 0 Å². The van der Waals surface area contributed by atoms with Gasteiger partial charge in [0, 0.05) is 0 Å². The highest BCUT2D eigenvalue weighted by Gasteiger charge is 1.89. The Morgan fingerprint density at radius 3 is 2.58 bits per heavy atom. The number of hydrogen-bond acceptors (Lipinski definition) is 0. The molecule has 0 radical (unpaired) electrons. The predicted octanol–water partition coefficient (Wildman–Crippen LogP) is 3.89. The molecule has 0 aromatic heterocycles. The van der Waals surface area contributed by atoms with Crippen LogP contribution in [-0.2, 0) is 0 Å². The summed E-state index contributed by atoms with van der Waals surface area (Å²) >= 11 is 0. The fraction of sp³-hybridized carbons (Fsp3) is 0.333. The quantitative estimate of drug-likeness (QED) is 0.538. The van der Waals surface area contributed by atoms with E-state index in [2.05, 4.69) is 31.7 Å². The zero-order valence-corrected chi connectivity index (χ0v) is 8.03. The minimum absolute atomic E-state index is 0.601. The largest absolute Gasteiger partial charge is 0.0991 e. The van der Waals surface area contributed by atoms with E-state index in [-0.39, 0.29) is 0 Å². The summed E-state index contributed by atoms with van der Waals surface area (Å²) in [5.74, 6) is 0.601. The van der Waals surface area contributed by atoms with Crippen LogP contribution in [0, 0.1) is 5.92 Å². The molecule has 0 aromatic carbocycles. The van der Waals surface area contributed by atoms with E-state index in [0.29, 0.717) is 5.92 Å². The lowest BCUT2D eigenvalue weighted by Crippen LogP contribution is -1.84. The Kier molecular flexibility index (Phi) is 7.36. The molecule has 1 unspecified atom stereocenters. The smallest absolute Gasteiger partial charge is 0.0224 e. The molecule has 0 heteroatoms. The van der Waals surface area contributed by atoms with Crippen molar-refractivity contribution in [3.05, 3.63) is 49.1 Å². The first-order valence-electron chi connectivity index (χ1n) is 4.38. The van der Waals surface area contributed by atoms with Gasteiger partial charge in [0.15, 0.2) is 0 Å². The van der Waals surface area contributed by atoms with Crippen LogP contribution in [0.25, 0.3) is 0 Å². The van der Waals surface area contributed by atoms with Crippen molar-refractivity contribution in [2.75, 3.05) is 0 Å². The Bertz CT molecular complexity index is 182. The molecule has 0 N–H and O–H groups in total. The summed E-state index contributed by atoms with van der Waals surface area (Å²) in [6, 6.07) is 0. The molecule has 0 aromatic rings. The molecule has 0 fully saturated rings. The molecule has 0 aliphatic carbocycles. The van der Waals surface area contributed by atoms with Crippen LogP contribution in [0.4, 0.5) is 0 Å². The molecular formula is C12H18. The molecule has 12 heavy (non-hydrogen) atoms. The van der Waals surface area contributed by atoms with Crippen molar-refractivity contribution in [3.63, 3.8) is 0 Å².